The van der Waals surface area contributed by atoms with E-state index in [1.54, 1.807) is 0 Å². The summed E-state index contributed by atoms with van der Waals surface area (Å²) in [6.45, 7) is 1.56. The number of aromatic nitrogens is 1. The first-order valence-corrected chi connectivity index (χ1v) is 5.06. The second kappa shape index (κ2) is 3.67. The number of rotatable bonds is 1. The molecule has 0 aliphatic carbocycles. The van der Waals surface area contributed by atoms with Crippen molar-refractivity contribution in [2.24, 2.45) is 0 Å². The third-order valence-corrected chi connectivity index (χ3v) is 2.88. The van der Waals surface area contributed by atoms with Gasteiger partial charge in [0.05, 0.1) is 0 Å². The van der Waals surface area contributed by atoms with Crippen molar-refractivity contribution in [1.82, 2.24) is 5.16 Å². The van der Waals surface area contributed by atoms with Gasteiger partial charge in [0.25, 0.3) is 0 Å². The number of nitrogens with two attached hydrogens (primary N) is 1. The van der Waals surface area contributed by atoms with Crippen molar-refractivity contribution < 1.29 is 9.26 Å². The number of anilines is 1. The van der Waals surface area contributed by atoms with Gasteiger partial charge in [0.15, 0.2) is 10.4 Å². The molecule has 0 radical (unpaired) electrons. The number of hydrogen-bond donors (Lipinski definition) is 1. The molecule has 0 atom stereocenters. The molecule has 1 saturated heterocycles. The minimum atomic E-state index is 0.368. The molecule has 0 bridgehead atoms. The number of hydrogen-bond acceptors (Lipinski definition) is 4. The van der Waals surface area contributed by atoms with Crippen molar-refractivity contribution in [3.05, 3.63) is 10.4 Å². The molecular weight excluding hydrogens is 236 g/mol. The van der Waals surface area contributed by atoms with Gasteiger partial charge in [0.1, 0.15) is 5.69 Å². The molecule has 1 aliphatic heterocycles. The van der Waals surface area contributed by atoms with Crippen molar-refractivity contribution in [3.8, 4) is 0 Å². The molecule has 72 valence electrons. The quantitative estimate of drug-likeness (QED) is 0.823. The third kappa shape index (κ3) is 1.71. The topological polar surface area (TPSA) is 61.3 Å². The maximum atomic E-state index is 5.79. The largest absolute Gasteiger partial charge is 0.394 e. The maximum Gasteiger partial charge on any atom is 0.172 e. The van der Waals surface area contributed by atoms with Crippen LogP contribution in [0.15, 0.2) is 9.13 Å². The summed E-state index contributed by atoms with van der Waals surface area (Å²) < 4.78 is 11.0. The fourth-order valence-corrected chi connectivity index (χ4v) is 1.81. The first-order chi connectivity index (χ1) is 6.29. The summed E-state index contributed by atoms with van der Waals surface area (Å²) >= 11 is 3.22. The highest BCUT2D eigenvalue weighted by molar-refractivity contribution is 9.10. The van der Waals surface area contributed by atoms with Gasteiger partial charge < -0.3 is 15.0 Å². The van der Waals surface area contributed by atoms with Crippen molar-refractivity contribution in [1.29, 1.82) is 0 Å². The molecule has 13 heavy (non-hydrogen) atoms. The van der Waals surface area contributed by atoms with Gasteiger partial charge in [-0.1, -0.05) is 5.16 Å². The van der Waals surface area contributed by atoms with Crippen LogP contribution in [-0.2, 0) is 4.74 Å². The zero-order valence-corrected chi connectivity index (χ0v) is 8.71. The van der Waals surface area contributed by atoms with Crippen molar-refractivity contribution >= 4 is 21.6 Å². The van der Waals surface area contributed by atoms with E-state index in [9.17, 15) is 0 Å². The van der Waals surface area contributed by atoms with Gasteiger partial charge in [-0.3, -0.25) is 0 Å². The number of nitrogen functional groups attached to an aromatic ring is 1. The summed E-state index contributed by atoms with van der Waals surface area (Å²) in [4.78, 5) is 0. The Hall–Kier alpha value is -0.550. The van der Waals surface area contributed by atoms with Gasteiger partial charge in [0, 0.05) is 19.1 Å². The molecule has 0 spiro atoms. The summed E-state index contributed by atoms with van der Waals surface area (Å²) in [7, 11) is 0. The molecule has 0 aromatic carbocycles. The standard InChI is InChI=1S/C8H11BrN2O2/c9-8-6(10)7(13-11-8)5-1-3-12-4-2-5/h5H,1-4,10H2. The molecule has 5 heteroatoms. The Morgan fingerprint density at radius 2 is 2.08 bits per heavy atom. The monoisotopic (exact) mass is 246 g/mol. The minimum absolute atomic E-state index is 0.368. The van der Waals surface area contributed by atoms with Crippen molar-refractivity contribution in [2.75, 3.05) is 18.9 Å². The van der Waals surface area contributed by atoms with E-state index < -0.39 is 0 Å². The van der Waals surface area contributed by atoms with Gasteiger partial charge >= 0.3 is 0 Å². The van der Waals surface area contributed by atoms with Crippen LogP contribution in [0.4, 0.5) is 5.69 Å². The summed E-state index contributed by atoms with van der Waals surface area (Å²) in [5, 5.41) is 3.77. The van der Waals surface area contributed by atoms with Crippen LogP contribution in [0.5, 0.6) is 0 Å². The van der Waals surface area contributed by atoms with Gasteiger partial charge in [0.2, 0.25) is 0 Å². The highest BCUT2D eigenvalue weighted by Crippen LogP contribution is 2.34. The van der Waals surface area contributed by atoms with Gasteiger partial charge in [-0.15, -0.1) is 0 Å². The van der Waals surface area contributed by atoms with E-state index in [0.717, 1.165) is 31.8 Å². The predicted octanol–water partition coefficient (Wildman–Crippen LogP) is 1.91. The molecule has 0 saturated carbocycles. The van der Waals surface area contributed by atoms with Crippen LogP contribution in [0.1, 0.15) is 24.5 Å². The normalized spacial score (nSPS) is 19.2. The van der Waals surface area contributed by atoms with E-state index in [1.165, 1.54) is 0 Å². The van der Waals surface area contributed by atoms with Gasteiger partial charge in [-0.2, -0.15) is 0 Å². The lowest BCUT2D eigenvalue weighted by Crippen LogP contribution is -2.14. The zero-order chi connectivity index (χ0) is 9.26. The second-order valence-corrected chi connectivity index (χ2v) is 3.89. The van der Waals surface area contributed by atoms with E-state index in [4.69, 9.17) is 15.0 Å². The smallest absolute Gasteiger partial charge is 0.172 e. The molecule has 1 aromatic rings. The number of nitrogens with zero attached hydrogens (tertiary/aromatic N) is 1. The lowest BCUT2D eigenvalue weighted by Gasteiger charge is -2.19. The van der Waals surface area contributed by atoms with Crippen LogP contribution in [0.2, 0.25) is 0 Å². The van der Waals surface area contributed by atoms with Crippen LogP contribution in [-0.4, -0.2) is 18.4 Å². The lowest BCUT2D eigenvalue weighted by atomic mass is 9.97. The van der Waals surface area contributed by atoms with Crippen molar-refractivity contribution in [2.45, 2.75) is 18.8 Å². The van der Waals surface area contributed by atoms with Crippen LogP contribution >= 0.6 is 15.9 Å². The molecule has 0 amide bonds. The van der Waals surface area contributed by atoms with Crippen LogP contribution < -0.4 is 5.73 Å². The maximum absolute atomic E-state index is 5.79. The summed E-state index contributed by atoms with van der Waals surface area (Å²) in [6, 6.07) is 0. The van der Waals surface area contributed by atoms with E-state index in [2.05, 4.69) is 21.1 Å². The average Bonchev–Trinajstić information content (AvgIpc) is 2.49. The number of halogens is 1. The zero-order valence-electron chi connectivity index (χ0n) is 7.12. The third-order valence-electron chi connectivity index (χ3n) is 2.30. The Morgan fingerprint density at radius 3 is 2.62 bits per heavy atom. The van der Waals surface area contributed by atoms with Crippen molar-refractivity contribution in [3.63, 3.8) is 0 Å². The molecule has 2 heterocycles. The highest BCUT2D eigenvalue weighted by atomic mass is 79.9. The average molecular weight is 247 g/mol. The molecule has 0 unspecified atom stereocenters. The minimum Gasteiger partial charge on any atom is -0.394 e. The Balaban J connectivity index is 2.18. The summed E-state index contributed by atoms with van der Waals surface area (Å²) in [5.41, 5.74) is 6.42. The van der Waals surface area contributed by atoms with E-state index in [0.29, 0.717) is 16.2 Å². The van der Waals surface area contributed by atoms with Crippen LogP contribution in [0.3, 0.4) is 0 Å². The van der Waals surface area contributed by atoms with Gasteiger partial charge in [-0.25, -0.2) is 0 Å². The molecule has 4 nitrogen and oxygen atoms in total. The fourth-order valence-electron chi connectivity index (χ4n) is 1.54. The molecule has 2 N–H and O–H groups in total. The van der Waals surface area contributed by atoms with E-state index in [1.807, 2.05) is 0 Å². The fraction of sp³-hybridized carbons (Fsp3) is 0.625. The van der Waals surface area contributed by atoms with Crippen LogP contribution in [0, 0.1) is 0 Å². The Morgan fingerprint density at radius 1 is 1.38 bits per heavy atom. The van der Waals surface area contributed by atoms with E-state index in [-0.39, 0.29) is 0 Å². The van der Waals surface area contributed by atoms with Gasteiger partial charge in [-0.05, 0) is 28.8 Å². The number of ether oxygens (including phenoxy) is 1. The summed E-state index contributed by atoms with van der Waals surface area (Å²) in [5.74, 6) is 1.17. The SMILES string of the molecule is Nc1c(Br)noc1C1CCOCC1. The molecule has 1 fully saturated rings. The highest BCUT2D eigenvalue weighted by Gasteiger charge is 2.23. The molecular formula is C8H11BrN2O2. The Labute approximate surface area is 84.5 Å². The molecule has 2 rings (SSSR count). The molecule has 1 aromatic heterocycles. The Bertz CT molecular complexity index is 294. The lowest BCUT2D eigenvalue weighted by molar-refractivity contribution is 0.0793. The Kier molecular flexibility index (Phi) is 2.55. The summed E-state index contributed by atoms with van der Waals surface area (Å²) in [6.07, 6.45) is 1.93. The molecule has 1 aliphatic rings. The first-order valence-electron chi connectivity index (χ1n) is 4.27. The second-order valence-electron chi connectivity index (χ2n) is 3.14. The predicted molar refractivity (Wildman–Crippen MR) is 51.4 cm³/mol. The first kappa shape index (κ1) is 9.02. The van der Waals surface area contributed by atoms with E-state index >= 15 is 0 Å². The van der Waals surface area contributed by atoms with Crippen LogP contribution in [0.25, 0.3) is 0 Å².